The molecular weight excluding hydrogens is 310 g/mol. The van der Waals surface area contributed by atoms with Gasteiger partial charge in [-0.1, -0.05) is 6.07 Å². The Morgan fingerprint density at radius 1 is 1.50 bits per heavy atom. The van der Waals surface area contributed by atoms with Crippen molar-refractivity contribution in [3.63, 3.8) is 0 Å². The van der Waals surface area contributed by atoms with Crippen LogP contribution in [-0.4, -0.2) is 64.2 Å². The zero-order valence-corrected chi connectivity index (χ0v) is 13.0. The average molecular weight is 327 g/mol. The smallest absolute Gasteiger partial charge is 0.414 e. The zero-order valence-electron chi connectivity index (χ0n) is 12.2. The minimum Gasteiger partial charge on any atom is -0.441 e. The molecular formula is C13H17N3O5S. The lowest BCUT2D eigenvalue weighted by Crippen LogP contribution is -2.25. The first-order valence-electron chi connectivity index (χ1n) is 6.49. The second-order valence-electron chi connectivity index (χ2n) is 4.96. The van der Waals surface area contributed by atoms with Gasteiger partial charge in [-0.3, -0.25) is 4.90 Å². The number of amides is 1. The third kappa shape index (κ3) is 3.55. The van der Waals surface area contributed by atoms with Crippen molar-refractivity contribution in [1.29, 1.82) is 0 Å². The molecule has 1 aromatic rings. The Kier molecular flexibility index (Phi) is 4.67. The predicted octanol–water partition coefficient (Wildman–Crippen LogP) is 0.283. The summed E-state index contributed by atoms with van der Waals surface area (Å²) in [4.78, 5) is 14.5. The van der Waals surface area contributed by atoms with E-state index < -0.39 is 22.2 Å². The molecule has 1 atom stereocenters. The molecule has 9 heteroatoms. The summed E-state index contributed by atoms with van der Waals surface area (Å²) in [6.07, 6.45) is -0.0431. The summed E-state index contributed by atoms with van der Waals surface area (Å²) in [6, 6.07) is 5.86. The number of ether oxygens (including phenoxy) is 1. The number of nitrogens with zero attached hydrogens (tertiary/aromatic N) is 3. The average Bonchev–Trinajstić information content (AvgIpc) is 2.87. The lowest BCUT2D eigenvalue weighted by molar-refractivity contribution is 0.0963. The molecule has 120 valence electrons. The van der Waals surface area contributed by atoms with Crippen LogP contribution in [0, 0.1) is 0 Å². The number of hydrogen-bond donors (Lipinski definition) is 1. The van der Waals surface area contributed by atoms with E-state index in [4.69, 9.17) is 9.84 Å². The molecule has 0 spiro atoms. The summed E-state index contributed by atoms with van der Waals surface area (Å²) in [5, 5.41) is 9.03. The number of anilines is 1. The molecule has 2 rings (SSSR count). The lowest BCUT2D eigenvalue weighted by Gasteiger charge is -2.13. The molecule has 1 fully saturated rings. The highest BCUT2D eigenvalue weighted by Crippen LogP contribution is 2.25. The molecule has 1 N–H and O–H groups in total. The van der Waals surface area contributed by atoms with Crippen LogP contribution < -0.4 is 4.90 Å². The highest BCUT2D eigenvalue weighted by molar-refractivity contribution is 7.90. The van der Waals surface area contributed by atoms with Crippen molar-refractivity contribution >= 4 is 28.1 Å². The summed E-state index contributed by atoms with van der Waals surface area (Å²) >= 11 is 0. The molecule has 1 aliphatic rings. The third-order valence-electron chi connectivity index (χ3n) is 2.92. The minimum absolute atomic E-state index is 0.0247. The molecule has 1 aromatic carbocycles. The van der Waals surface area contributed by atoms with Crippen molar-refractivity contribution in [2.75, 3.05) is 32.1 Å². The van der Waals surface area contributed by atoms with Crippen molar-refractivity contribution in [1.82, 2.24) is 4.90 Å². The van der Waals surface area contributed by atoms with Crippen LogP contribution in [0.5, 0.6) is 0 Å². The Hall–Kier alpha value is -2.13. The van der Waals surface area contributed by atoms with E-state index in [1.807, 2.05) is 0 Å². The Bertz CT molecular complexity index is 687. The van der Waals surface area contributed by atoms with Gasteiger partial charge in [0.1, 0.15) is 12.4 Å². The zero-order chi connectivity index (χ0) is 16.3. The Morgan fingerprint density at radius 3 is 2.82 bits per heavy atom. The van der Waals surface area contributed by atoms with E-state index in [-0.39, 0.29) is 18.0 Å². The van der Waals surface area contributed by atoms with Gasteiger partial charge in [-0.25, -0.2) is 4.79 Å². The maximum atomic E-state index is 12.1. The molecule has 1 amide bonds. The molecule has 0 saturated carbocycles. The quantitative estimate of drug-likeness (QED) is 0.616. The fourth-order valence-corrected chi connectivity index (χ4v) is 2.81. The van der Waals surface area contributed by atoms with Gasteiger partial charge in [0.25, 0.3) is 10.0 Å². The summed E-state index contributed by atoms with van der Waals surface area (Å²) in [7, 11) is -0.529. The van der Waals surface area contributed by atoms with Crippen molar-refractivity contribution in [3.8, 4) is 0 Å². The highest BCUT2D eigenvalue weighted by Gasteiger charge is 2.32. The van der Waals surface area contributed by atoms with E-state index in [1.165, 1.54) is 34.3 Å². The van der Waals surface area contributed by atoms with E-state index in [2.05, 4.69) is 4.40 Å². The number of sulfonamides is 1. The van der Waals surface area contributed by atoms with E-state index >= 15 is 0 Å². The normalized spacial score (nSPS) is 18.8. The van der Waals surface area contributed by atoms with Crippen LogP contribution in [0.4, 0.5) is 10.5 Å². The molecule has 0 radical (unpaired) electrons. The summed E-state index contributed by atoms with van der Waals surface area (Å²) in [5.74, 6) is 0. The molecule has 1 heterocycles. The monoisotopic (exact) mass is 327 g/mol. The molecule has 8 nitrogen and oxygen atoms in total. The van der Waals surface area contributed by atoms with Crippen molar-refractivity contribution in [2.45, 2.75) is 11.0 Å². The van der Waals surface area contributed by atoms with Crippen molar-refractivity contribution in [3.05, 3.63) is 24.3 Å². The van der Waals surface area contributed by atoms with E-state index in [9.17, 15) is 13.2 Å². The van der Waals surface area contributed by atoms with Crippen LogP contribution in [0.2, 0.25) is 0 Å². The summed E-state index contributed by atoms with van der Waals surface area (Å²) < 4.78 is 32.7. The molecule has 0 unspecified atom stereocenters. The number of carbonyl (C=O) groups is 1. The second-order valence-corrected chi connectivity index (χ2v) is 6.59. The molecule has 0 bridgehead atoms. The van der Waals surface area contributed by atoms with Gasteiger partial charge in [-0.2, -0.15) is 8.42 Å². The van der Waals surface area contributed by atoms with Gasteiger partial charge in [-0.15, -0.1) is 4.40 Å². The molecule has 1 aliphatic heterocycles. The van der Waals surface area contributed by atoms with E-state index in [0.29, 0.717) is 5.69 Å². The molecule has 1 saturated heterocycles. The maximum absolute atomic E-state index is 12.1. The third-order valence-corrected chi connectivity index (χ3v) is 4.14. The first-order chi connectivity index (χ1) is 10.3. The van der Waals surface area contributed by atoms with Gasteiger partial charge >= 0.3 is 6.09 Å². The van der Waals surface area contributed by atoms with Crippen molar-refractivity contribution < 1.29 is 23.1 Å². The van der Waals surface area contributed by atoms with Gasteiger partial charge in [0.05, 0.1) is 18.0 Å². The van der Waals surface area contributed by atoms with Gasteiger partial charge in [0, 0.05) is 19.8 Å². The van der Waals surface area contributed by atoms with Crippen LogP contribution in [0.3, 0.4) is 0 Å². The first-order valence-corrected chi connectivity index (χ1v) is 7.93. The SMILES string of the molecule is CN(C)C=NS(=O)(=O)c1cccc(N2C[C@H](CO)OC2=O)c1. The fourth-order valence-electron chi connectivity index (χ4n) is 1.86. The highest BCUT2D eigenvalue weighted by atomic mass is 32.2. The predicted molar refractivity (Wildman–Crippen MR) is 80.5 cm³/mol. The Labute approximate surface area is 128 Å². The first kappa shape index (κ1) is 16.2. The summed E-state index contributed by atoms with van der Waals surface area (Å²) in [5.41, 5.74) is 0.377. The molecule has 22 heavy (non-hydrogen) atoms. The minimum atomic E-state index is -3.84. The number of carbonyl (C=O) groups excluding carboxylic acids is 1. The van der Waals surface area contributed by atoms with Crippen LogP contribution >= 0.6 is 0 Å². The van der Waals surface area contributed by atoms with Crippen LogP contribution in [0.1, 0.15) is 0 Å². The van der Waals surface area contributed by atoms with E-state index in [0.717, 1.165) is 0 Å². The maximum Gasteiger partial charge on any atom is 0.414 e. The molecule has 0 aromatic heterocycles. The number of hydrogen-bond acceptors (Lipinski definition) is 5. The topological polar surface area (TPSA) is 99.5 Å². The Morgan fingerprint density at radius 2 is 2.23 bits per heavy atom. The standard InChI is InChI=1S/C13H17N3O5S/c1-15(2)9-14-22(19,20)12-5-3-4-10(6-12)16-7-11(8-17)21-13(16)18/h3-6,9,11,17H,7-8H2,1-2H3/t11-/m1/s1. The number of cyclic esters (lactones) is 1. The van der Waals surface area contributed by atoms with Crippen LogP contribution in [-0.2, 0) is 14.8 Å². The van der Waals surface area contributed by atoms with Crippen LogP contribution in [0.25, 0.3) is 0 Å². The lowest BCUT2D eigenvalue weighted by atomic mass is 10.3. The fraction of sp³-hybridized carbons (Fsp3) is 0.385. The molecule has 0 aliphatic carbocycles. The van der Waals surface area contributed by atoms with E-state index in [1.54, 1.807) is 20.2 Å². The van der Waals surface area contributed by atoms with Crippen molar-refractivity contribution in [2.24, 2.45) is 4.40 Å². The number of rotatable bonds is 5. The largest absolute Gasteiger partial charge is 0.441 e. The summed E-state index contributed by atoms with van der Waals surface area (Å²) in [6.45, 7) is -0.118. The number of benzene rings is 1. The Balaban J connectivity index is 2.30. The van der Waals surface area contributed by atoms with Crippen LogP contribution in [0.15, 0.2) is 33.6 Å². The number of aliphatic hydroxyl groups is 1. The van der Waals surface area contributed by atoms with Gasteiger partial charge in [0.15, 0.2) is 0 Å². The number of aliphatic hydroxyl groups excluding tert-OH is 1. The van der Waals surface area contributed by atoms with Gasteiger partial charge in [-0.05, 0) is 18.2 Å². The van der Waals surface area contributed by atoms with Gasteiger partial charge in [0.2, 0.25) is 0 Å². The van der Waals surface area contributed by atoms with Gasteiger partial charge < -0.3 is 14.7 Å². The second kappa shape index (κ2) is 6.32.